The summed E-state index contributed by atoms with van der Waals surface area (Å²) in [7, 11) is 0. The lowest BCUT2D eigenvalue weighted by molar-refractivity contribution is 0.0526. The zero-order valence-electron chi connectivity index (χ0n) is 14.2. The first kappa shape index (κ1) is 18.9. The van der Waals surface area contributed by atoms with E-state index in [1.165, 1.54) is 0 Å². The van der Waals surface area contributed by atoms with Gasteiger partial charge in [0.15, 0.2) is 5.78 Å². The molecule has 0 radical (unpaired) electrons. The Balaban J connectivity index is 2.09. The molecular formula is C20H20BrNO3. The van der Waals surface area contributed by atoms with Crippen molar-refractivity contribution in [3.8, 4) is 0 Å². The fourth-order valence-corrected chi connectivity index (χ4v) is 2.44. The fourth-order valence-electron chi connectivity index (χ4n) is 2.17. The summed E-state index contributed by atoms with van der Waals surface area (Å²) in [5.41, 5.74) is 2.75. The van der Waals surface area contributed by atoms with Gasteiger partial charge in [0, 0.05) is 27.5 Å². The number of ether oxygens (including phenoxy) is 1. The molecule has 0 aliphatic rings. The standard InChI is InChI=1S/C20H20BrNO3/c1-3-17(13-19(23)14-5-9-16(21)10-6-14)22-18-11-7-15(8-12-18)20(24)25-4-2/h5-13,22H,3-4H2,1-2H3. The number of ketones is 1. The van der Waals surface area contributed by atoms with Gasteiger partial charge in [-0.1, -0.05) is 22.9 Å². The number of halogens is 1. The largest absolute Gasteiger partial charge is 0.462 e. The van der Waals surface area contributed by atoms with Crippen LogP contribution in [-0.4, -0.2) is 18.4 Å². The molecule has 4 nitrogen and oxygen atoms in total. The van der Waals surface area contributed by atoms with Crippen molar-refractivity contribution in [2.45, 2.75) is 20.3 Å². The molecule has 0 aromatic heterocycles. The molecule has 130 valence electrons. The summed E-state index contributed by atoms with van der Waals surface area (Å²) < 4.78 is 5.90. The van der Waals surface area contributed by atoms with Gasteiger partial charge < -0.3 is 10.1 Å². The van der Waals surface area contributed by atoms with Crippen LogP contribution in [0.4, 0.5) is 5.69 Å². The molecule has 0 saturated heterocycles. The van der Waals surface area contributed by atoms with E-state index >= 15 is 0 Å². The summed E-state index contributed by atoms with van der Waals surface area (Å²) in [6.07, 6.45) is 2.28. The van der Waals surface area contributed by atoms with Gasteiger partial charge in [0.05, 0.1) is 12.2 Å². The third-order valence-corrected chi connectivity index (χ3v) is 4.04. The summed E-state index contributed by atoms with van der Waals surface area (Å²) in [6.45, 7) is 4.09. The average Bonchev–Trinajstić information content (AvgIpc) is 2.62. The number of hydrogen-bond donors (Lipinski definition) is 1. The van der Waals surface area contributed by atoms with Crippen LogP contribution in [0.3, 0.4) is 0 Å². The van der Waals surface area contributed by atoms with Crippen molar-refractivity contribution >= 4 is 33.4 Å². The maximum absolute atomic E-state index is 12.3. The lowest BCUT2D eigenvalue weighted by Crippen LogP contribution is -2.06. The van der Waals surface area contributed by atoms with E-state index in [2.05, 4.69) is 21.2 Å². The zero-order chi connectivity index (χ0) is 18.2. The number of carbonyl (C=O) groups is 2. The molecule has 5 heteroatoms. The second-order valence-electron chi connectivity index (χ2n) is 5.32. The second kappa shape index (κ2) is 9.18. The highest BCUT2D eigenvalue weighted by molar-refractivity contribution is 9.10. The number of nitrogens with one attached hydrogen (secondary N) is 1. The highest BCUT2D eigenvalue weighted by atomic mass is 79.9. The van der Waals surface area contributed by atoms with Gasteiger partial charge in [0.1, 0.15) is 0 Å². The van der Waals surface area contributed by atoms with Crippen LogP contribution in [0, 0.1) is 0 Å². The van der Waals surface area contributed by atoms with Gasteiger partial charge in [0.25, 0.3) is 0 Å². The van der Waals surface area contributed by atoms with Gasteiger partial charge in [-0.15, -0.1) is 0 Å². The molecule has 2 aromatic carbocycles. The van der Waals surface area contributed by atoms with Gasteiger partial charge in [-0.25, -0.2) is 4.79 Å². The van der Waals surface area contributed by atoms with Crippen molar-refractivity contribution < 1.29 is 14.3 Å². The normalized spacial score (nSPS) is 11.1. The number of hydrogen-bond acceptors (Lipinski definition) is 4. The molecule has 0 aliphatic carbocycles. The minimum Gasteiger partial charge on any atom is -0.462 e. The number of rotatable bonds is 7. The number of benzene rings is 2. The molecule has 0 unspecified atom stereocenters. The molecule has 25 heavy (non-hydrogen) atoms. The van der Waals surface area contributed by atoms with Crippen molar-refractivity contribution in [3.63, 3.8) is 0 Å². The van der Waals surface area contributed by atoms with Crippen LogP contribution in [0.5, 0.6) is 0 Å². The first-order valence-corrected chi connectivity index (χ1v) is 8.87. The van der Waals surface area contributed by atoms with Crippen molar-refractivity contribution in [3.05, 3.63) is 75.9 Å². The predicted octanol–water partition coefficient (Wildman–Crippen LogP) is 5.21. The Bertz CT molecular complexity index is 765. The van der Waals surface area contributed by atoms with E-state index in [9.17, 15) is 9.59 Å². The van der Waals surface area contributed by atoms with E-state index in [-0.39, 0.29) is 11.8 Å². The molecule has 0 spiro atoms. The molecule has 0 heterocycles. The van der Waals surface area contributed by atoms with Crippen LogP contribution in [0.1, 0.15) is 41.0 Å². The molecule has 1 N–H and O–H groups in total. The maximum atomic E-state index is 12.3. The molecule has 0 bridgehead atoms. The summed E-state index contributed by atoms with van der Waals surface area (Å²) in [5, 5.41) is 3.22. The van der Waals surface area contributed by atoms with Crippen LogP contribution in [0.2, 0.25) is 0 Å². The average molecular weight is 402 g/mol. The van der Waals surface area contributed by atoms with Gasteiger partial charge in [-0.3, -0.25) is 4.79 Å². The Morgan fingerprint density at radius 3 is 2.16 bits per heavy atom. The van der Waals surface area contributed by atoms with E-state index in [0.717, 1.165) is 15.9 Å². The highest BCUT2D eigenvalue weighted by Gasteiger charge is 2.07. The van der Waals surface area contributed by atoms with E-state index in [1.54, 1.807) is 49.4 Å². The summed E-state index contributed by atoms with van der Waals surface area (Å²) >= 11 is 3.36. The van der Waals surface area contributed by atoms with Gasteiger partial charge in [-0.2, -0.15) is 0 Å². The second-order valence-corrected chi connectivity index (χ2v) is 6.23. The third-order valence-electron chi connectivity index (χ3n) is 3.52. The van der Waals surface area contributed by atoms with Crippen molar-refractivity contribution in [1.82, 2.24) is 0 Å². The SMILES string of the molecule is CCOC(=O)c1ccc(NC(=CC(=O)c2ccc(Br)cc2)CC)cc1. The number of allylic oxidation sites excluding steroid dienone is 2. The first-order chi connectivity index (χ1) is 12.0. The van der Waals surface area contributed by atoms with Crippen LogP contribution >= 0.6 is 15.9 Å². The fraction of sp³-hybridized carbons (Fsp3) is 0.200. The lowest BCUT2D eigenvalue weighted by atomic mass is 10.1. The Labute approximate surface area is 156 Å². The number of carbonyl (C=O) groups excluding carboxylic acids is 2. The monoisotopic (exact) mass is 401 g/mol. The number of esters is 1. The molecule has 0 fully saturated rings. The third kappa shape index (κ3) is 5.57. The Hall–Kier alpha value is -2.40. The molecule has 2 rings (SSSR count). The Morgan fingerprint density at radius 2 is 1.60 bits per heavy atom. The summed E-state index contributed by atoms with van der Waals surface area (Å²) in [4.78, 5) is 24.0. The Morgan fingerprint density at radius 1 is 1.00 bits per heavy atom. The van der Waals surface area contributed by atoms with E-state index in [1.807, 2.05) is 19.1 Å². The maximum Gasteiger partial charge on any atom is 0.338 e. The molecule has 0 aliphatic heterocycles. The summed E-state index contributed by atoms with van der Waals surface area (Å²) in [6, 6.07) is 14.2. The predicted molar refractivity (Wildman–Crippen MR) is 103 cm³/mol. The smallest absolute Gasteiger partial charge is 0.338 e. The van der Waals surface area contributed by atoms with Crippen LogP contribution < -0.4 is 5.32 Å². The highest BCUT2D eigenvalue weighted by Crippen LogP contribution is 2.16. The molecule has 0 amide bonds. The topological polar surface area (TPSA) is 55.4 Å². The zero-order valence-corrected chi connectivity index (χ0v) is 15.8. The van der Waals surface area contributed by atoms with Gasteiger partial charge in [0.2, 0.25) is 0 Å². The van der Waals surface area contributed by atoms with Crippen molar-refractivity contribution in [2.75, 3.05) is 11.9 Å². The minimum atomic E-state index is -0.342. The Kier molecular flexibility index (Phi) is 6.95. The van der Waals surface area contributed by atoms with Crippen molar-refractivity contribution in [1.29, 1.82) is 0 Å². The van der Waals surface area contributed by atoms with Gasteiger partial charge >= 0.3 is 5.97 Å². The quantitative estimate of drug-likeness (QED) is 0.392. The minimum absolute atomic E-state index is 0.0556. The number of anilines is 1. The van der Waals surface area contributed by atoms with Gasteiger partial charge in [-0.05, 0) is 61.9 Å². The van der Waals surface area contributed by atoms with E-state index < -0.39 is 0 Å². The molecule has 0 atom stereocenters. The lowest BCUT2D eigenvalue weighted by Gasteiger charge is -2.10. The van der Waals surface area contributed by atoms with Crippen LogP contribution in [-0.2, 0) is 4.74 Å². The summed E-state index contributed by atoms with van der Waals surface area (Å²) in [5.74, 6) is -0.397. The molecular weight excluding hydrogens is 382 g/mol. The van der Waals surface area contributed by atoms with Crippen molar-refractivity contribution in [2.24, 2.45) is 0 Å². The van der Waals surface area contributed by atoms with Crippen LogP contribution in [0.15, 0.2) is 64.8 Å². The van der Waals surface area contributed by atoms with E-state index in [4.69, 9.17) is 4.74 Å². The first-order valence-electron chi connectivity index (χ1n) is 8.08. The molecule has 2 aromatic rings. The van der Waals surface area contributed by atoms with E-state index in [0.29, 0.717) is 24.2 Å². The van der Waals surface area contributed by atoms with Crippen LogP contribution in [0.25, 0.3) is 0 Å². The molecule has 0 saturated carbocycles.